The van der Waals surface area contributed by atoms with Gasteiger partial charge in [0.05, 0.1) is 31.1 Å². The standard InChI is InChI=1S/C91H121FN22O22/c1-6-8-20-68-83(128)102-59(30-32-76(119)120)80(125)108-66(78(95)123)43-96-44-75(118)101-63(35-50-25-27-53(92)28-26-50)89(134)112-33-15-14-23-69(112)85(130)107-65(40-74(94)117)90(135)113-34-16-24-70(113)84(129)105-62(38-54-42-97-48-99-54)82(127)103-60(29-31-73(93)116)88(133)114-46-55(115)39-72(114)86(131)104-61(36-51-41-98-58-19-12-10-17-56(51)58)81(126)100-49(3)79(124)106-64(87(132)110(5)71(21-9-7-2)91(136)109(68)4)37-52-45-111(47-77(121)122)67-22-13-11-18-57(52)67/h10-13,17-19,22,25-28,41-42,45,48-49,55,59-66,68-72,96,98,115H,6-9,14-16,20-21,23-24,29-40,43-44,46-47H2,1-5H3,(H2,93,116)(H2,94,117)(H2,95,123)(H,97,99)(H,100,126)(H,101,118)(H,102,128)(H,103,127)(H,104,131)(H,105,129)(H,106,124)(H,107,130)(H,108,125)(H,119,120)(H,121,122)/t49-,55+,59-,60-,61-,62-,63-,64-,65-,66-,68-,69-,70-,71-,72-/m0/s1. The molecular formula is C91H121FN22O22. The predicted molar refractivity (Wildman–Crippen MR) is 484 cm³/mol. The van der Waals surface area contributed by atoms with Crippen LogP contribution in [0.2, 0.25) is 0 Å². The Morgan fingerprint density at radius 1 is 0.507 bits per heavy atom. The molecule has 10 rings (SSSR count). The number of aliphatic hydroxyl groups is 1. The minimum absolute atomic E-state index is 0.0427. The van der Waals surface area contributed by atoms with Crippen LogP contribution in [0, 0.1) is 5.82 Å². The number of carboxylic acids is 2. The molecule has 4 saturated heterocycles. The Bertz CT molecular complexity index is 5380. The van der Waals surface area contributed by atoms with Gasteiger partial charge in [-0.2, -0.15) is 0 Å². The highest BCUT2D eigenvalue weighted by atomic mass is 19.1. The van der Waals surface area contributed by atoms with Crippen LogP contribution >= 0.6 is 0 Å². The van der Waals surface area contributed by atoms with Crippen molar-refractivity contribution in [3.8, 4) is 0 Å². The number of H-pyrrole nitrogens is 2. The van der Waals surface area contributed by atoms with Gasteiger partial charge in [0, 0.05) is 126 Å². The highest BCUT2D eigenvalue weighted by Gasteiger charge is 2.47. The van der Waals surface area contributed by atoms with E-state index in [9.17, 15) is 62.9 Å². The van der Waals surface area contributed by atoms with Crippen LogP contribution in [0.5, 0.6) is 0 Å². The van der Waals surface area contributed by atoms with Gasteiger partial charge < -0.3 is 125 Å². The number of nitrogens with zero attached hydrogens (tertiary/aromatic N) is 7. The topological polar surface area (TPSA) is 649 Å². The van der Waals surface area contributed by atoms with E-state index < -0.39 is 286 Å². The quantitative estimate of drug-likeness (QED) is 0.0275. The minimum Gasteiger partial charge on any atom is -0.481 e. The number of amides is 17. The van der Waals surface area contributed by atoms with E-state index in [1.807, 2.05) is 0 Å². The van der Waals surface area contributed by atoms with E-state index >= 15 is 47.9 Å². The molecule has 3 aromatic heterocycles. The second kappa shape index (κ2) is 48.6. The smallest absolute Gasteiger partial charge is 0.323 e. The summed E-state index contributed by atoms with van der Waals surface area (Å²) >= 11 is 0. The molecule has 21 N–H and O–H groups in total. The summed E-state index contributed by atoms with van der Waals surface area (Å²) in [6.45, 7) is 2.10. The van der Waals surface area contributed by atoms with Crippen LogP contribution in [0.3, 0.4) is 0 Å². The highest BCUT2D eigenvalue weighted by Crippen LogP contribution is 2.29. The van der Waals surface area contributed by atoms with E-state index in [-0.39, 0.29) is 76.6 Å². The van der Waals surface area contributed by atoms with Crippen molar-refractivity contribution in [2.24, 2.45) is 17.2 Å². The number of halogens is 1. The van der Waals surface area contributed by atoms with Gasteiger partial charge in [-0.25, -0.2) is 9.37 Å². The predicted octanol–water partition coefficient (Wildman–Crippen LogP) is -2.81. The summed E-state index contributed by atoms with van der Waals surface area (Å²) in [6.07, 6.45) is 0.945. The summed E-state index contributed by atoms with van der Waals surface area (Å²) in [6, 6.07) is -4.32. The van der Waals surface area contributed by atoms with E-state index in [1.54, 1.807) is 68.6 Å². The van der Waals surface area contributed by atoms with Crippen molar-refractivity contribution in [2.75, 3.05) is 46.8 Å². The molecule has 17 amide bonds. The summed E-state index contributed by atoms with van der Waals surface area (Å²) in [5.41, 5.74) is 19.6. The molecule has 0 radical (unpaired) electrons. The van der Waals surface area contributed by atoms with Crippen LogP contribution in [-0.2, 0) is 123 Å². The third kappa shape index (κ3) is 27.7. The Labute approximate surface area is 781 Å². The molecule has 6 aromatic rings. The molecule has 0 aliphatic carbocycles. The Kier molecular flexibility index (Phi) is 37.1. The highest BCUT2D eigenvalue weighted by molar-refractivity contribution is 6.03. The fraction of sp³-hybridized carbons (Fsp3) is 0.516. The number of hydrogen-bond acceptors (Lipinski definition) is 22. The molecule has 44 nitrogen and oxygen atoms in total. The second-order valence-corrected chi connectivity index (χ2v) is 34.8. The summed E-state index contributed by atoms with van der Waals surface area (Å²) < 4.78 is 15.9. The van der Waals surface area contributed by atoms with E-state index in [2.05, 4.69) is 68.1 Å². The Morgan fingerprint density at radius 3 is 1.71 bits per heavy atom. The van der Waals surface area contributed by atoms with Crippen LogP contribution in [0.1, 0.15) is 152 Å². The maximum Gasteiger partial charge on any atom is 0.323 e. The average molecular weight is 1890 g/mol. The van der Waals surface area contributed by atoms with Gasteiger partial charge in [0.2, 0.25) is 100 Å². The number of rotatable bonds is 25. The fourth-order valence-electron chi connectivity index (χ4n) is 17.6. The number of imidazole rings is 1. The number of carbonyl (C=O) groups excluding carboxylic acids is 17. The van der Waals surface area contributed by atoms with Crippen molar-refractivity contribution < 1.29 is 111 Å². The normalized spacial score (nSPS) is 25.1. The molecule has 0 bridgehead atoms. The van der Waals surface area contributed by atoms with Crippen LogP contribution in [-0.4, -0.2) is 309 Å². The summed E-state index contributed by atoms with van der Waals surface area (Å²) in [7, 11) is 2.56. The van der Waals surface area contributed by atoms with Crippen molar-refractivity contribution in [1.82, 2.24) is 97.2 Å². The third-order valence-electron chi connectivity index (χ3n) is 24.8. The molecule has 0 unspecified atom stereocenters. The SMILES string of the molecule is CCCC[C@H]1C(=O)N(C)[C@@H](CCCC)C(=O)N[C@@H](CCC(=O)O)C(=O)N[C@H](C(N)=O)CNCC(=O)N[C@@H](Cc2ccc(F)cc2)C(=O)N2CCCC[C@H]2C(=O)N[C@@H](CC(N)=O)C(=O)N2CCC[C@H]2C(=O)N[C@@H](Cc2c[nH]cn2)C(=O)N[C@@H](CCC(N)=O)C(=O)N2C[C@H](O)C[C@H]2C(=O)N[C@@H](Cc2c[nH]c3ccccc23)C(=O)N[C@@H](C)C(=O)N[C@@H](Cc2cn(CC(=O)O)c3ccccc23)C(=O)N1C. The van der Waals surface area contributed by atoms with Crippen LogP contribution in [0.4, 0.5) is 4.39 Å². The number of piperidine rings is 1. The zero-order valence-electron chi connectivity index (χ0n) is 76.3. The second-order valence-electron chi connectivity index (χ2n) is 34.8. The lowest BCUT2D eigenvalue weighted by atomic mass is 9.97. The molecule has 7 heterocycles. The lowest BCUT2D eigenvalue weighted by molar-refractivity contribution is -0.149. The molecule has 45 heteroatoms. The lowest BCUT2D eigenvalue weighted by Gasteiger charge is -2.38. The first-order valence-electron chi connectivity index (χ1n) is 45.5. The number of nitrogens with one attached hydrogen (secondary N) is 12. The zero-order valence-corrected chi connectivity index (χ0v) is 76.3. The fourth-order valence-corrected chi connectivity index (χ4v) is 17.6. The largest absolute Gasteiger partial charge is 0.481 e. The average Bonchev–Trinajstić information content (AvgIpc) is 1.63. The summed E-state index contributed by atoms with van der Waals surface area (Å²) in [4.78, 5) is 290. The van der Waals surface area contributed by atoms with E-state index in [0.717, 1.165) is 36.6 Å². The molecule has 136 heavy (non-hydrogen) atoms. The molecule has 0 saturated carbocycles. The first-order chi connectivity index (χ1) is 64.8. The molecule has 0 spiro atoms. The molecule has 3 aromatic carbocycles. The van der Waals surface area contributed by atoms with Gasteiger partial charge in [-0.1, -0.05) is 88.1 Å². The van der Waals surface area contributed by atoms with Gasteiger partial charge in [-0.3, -0.25) is 91.1 Å². The van der Waals surface area contributed by atoms with E-state index in [4.69, 9.17) is 17.2 Å². The van der Waals surface area contributed by atoms with Gasteiger partial charge in [0.15, 0.2) is 0 Å². The molecule has 4 aliphatic heterocycles. The first kappa shape index (κ1) is 104. The number of fused-ring (bicyclic) bond motifs is 5. The number of aromatic nitrogens is 4. The Morgan fingerprint density at radius 2 is 1.07 bits per heavy atom. The number of aromatic amines is 2. The molecule has 734 valence electrons. The van der Waals surface area contributed by atoms with Gasteiger partial charge in [-0.05, 0) is 106 Å². The van der Waals surface area contributed by atoms with Crippen molar-refractivity contribution in [2.45, 2.75) is 253 Å². The number of aliphatic carboxylic acids is 2. The first-order valence-corrected chi connectivity index (χ1v) is 45.5. The Hall–Kier alpha value is -14.3. The van der Waals surface area contributed by atoms with Crippen LogP contribution in [0.15, 0.2) is 97.7 Å². The lowest BCUT2D eigenvalue weighted by Crippen LogP contribution is -2.62. The number of primary amides is 3. The van der Waals surface area contributed by atoms with Crippen molar-refractivity contribution in [3.63, 3.8) is 0 Å². The van der Waals surface area contributed by atoms with Gasteiger partial charge >= 0.3 is 11.9 Å². The van der Waals surface area contributed by atoms with Gasteiger partial charge in [-0.15, -0.1) is 0 Å². The van der Waals surface area contributed by atoms with E-state index in [1.165, 1.54) is 56.4 Å². The molecule has 15 atom stereocenters. The van der Waals surface area contributed by atoms with Crippen LogP contribution < -0.4 is 70.4 Å². The number of para-hydroxylation sites is 2. The number of nitrogens with two attached hydrogens (primary N) is 3. The number of benzene rings is 3. The van der Waals surface area contributed by atoms with Gasteiger partial charge in [0.25, 0.3) is 0 Å². The van der Waals surface area contributed by atoms with Crippen LogP contribution in [0.25, 0.3) is 21.8 Å². The van der Waals surface area contributed by atoms with Crippen molar-refractivity contribution in [3.05, 3.63) is 126 Å². The zero-order chi connectivity index (χ0) is 98.9. The number of hydrogen-bond donors (Lipinski definition) is 18. The Balaban J connectivity index is 1.02. The molecular weight excluding hydrogens is 1770 g/mol. The summed E-state index contributed by atoms with van der Waals surface area (Å²) in [5, 5.41) is 58.7. The van der Waals surface area contributed by atoms with E-state index in [0.29, 0.717) is 64.2 Å². The van der Waals surface area contributed by atoms with Crippen molar-refractivity contribution in [1.29, 1.82) is 0 Å². The number of carboxylic acid groups (broad SMARTS) is 2. The number of carbonyl (C=O) groups is 19. The van der Waals surface area contributed by atoms with Crippen molar-refractivity contribution >= 4 is 134 Å². The third-order valence-corrected chi connectivity index (χ3v) is 24.8. The van der Waals surface area contributed by atoms with Gasteiger partial charge in [0.1, 0.15) is 96.9 Å². The maximum absolute atomic E-state index is 15.8. The molecule has 4 fully saturated rings. The monoisotopic (exact) mass is 1890 g/mol. The number of likely N-dealkylation sites (N-methyl/N-ethyl adjacent to an activating group) is 2. The summed E-state index contributed by atoms with van der Waals surface area (Å²) in [5.74, 6) is -20.4. The minimum atomic E-state index is -1.81. The maximum atomic E-state index is 15.8. The number of aliphatic hydroxyl groups excluding tert-OH is 1. The molecule has 4 aliphatic rings. The number of unbranched alkanes of at least 4 members (excludes halogenated alkanes) is 2.